The SMILES string of the molecule is COC(=O)c1scc(C)c1NC(=S)N1CCCN(Cc2csc(C)n2)CC1. The quantitative estimate of drug-likeness (QED) is 0.595. The number of thiazole rings is 1. The van der Waals surface area contributed by atoms with Gasteiger partial charge >= 0.3 is 5.97 Å². The maximum absolute atomic E-state index is 12.0. The van der Waals surface area contributed by atoms with Gasteiger partial charge in [-0.3, -0.25) is 4.90 Å². The van der Waals surface area contributed by atoms with E-state index in [0.717, 1.165) is 61.1 Å². The highest BCUT2D eigenvalue weighted by Gasteiger charge is 2.21. The van der Waals surface area contributed by atoms with Crippen molar-refractivity contribution < 1.29 is 9.53 Å². The van der Waals surface area contributed by atoms with Crippen molar-refractivity contribution in [2.24, 2.45) is 0 Å². The molecule has 27 heavy (non-hydrogen) atoms. The van der Waals surface area contributed by atoms with E-state index in [1.807, 2.05) is 19.2 Å². The zero-order valence-electron chi connectivity index (χ0n) is 15.8. The van der Waals surface area contributed by atoms with Gasteiger partial charge in [0.15, 0.2) is 5.11 Å². The van der Waals surface area contributed by atoms with E-state index in [0.29, 0.717) is 9.99 Å². The summed E-state index contributed by atoms with van der Waals surface area (Å²) >= 11 is 8.71. The molecule has 2 aromatic heterocycles. The second kappa shape index (κ2) is 9.09. The molecule has 0 saturated carbocycles. The monoisotopic (exact) mass is 424 g/mol. The fourth-order valence-corrected chi connectivity index (χ4v) is 4.88. The van der Waals surface area contributed by atoms with Crippen molar-refractivity contribution in [3.63, 3.8) is 0 Å². The highest BCUT2D eigenvalue weighted by atomic mass is 32.1. The fourth-order valence-electron chi connectivity index (χ4n) is 3.07. The molecule has 0 radical (unpaired) electrons. The normalized spacial score (nSPS) is 15.4. The van der Waals surface area contributed by atoms with Gasteiger partial charge in [0.2, 0.25) is 0 Å². The third-order valence-electron chi connectivity index (χ3n) is 4.51. The molecule has 0 unspecified atom stereocenters. The van der Waals surface area contributed by atoms with Crippen LogP contribution in [0.1, 0.15) is 32.4 Å². The minimum atomic E-state index is -0.334. The summed E-state index contributed by atoms with van der Waals surface area (Å²) in [5, 5.41) is 9.13. The average Bonchev–Trinajstić information content (AvgIpc) is 3.13. The van der Waals surface area contributed by atoms with Crippen LogP contribution in [-0.4, -0.2) is 59.2 Å². The molecule has 0 spiro atoms. The van der Waals surface area contributed by atoms with Gasteiger partial charge in [0, 0.05) is 38.1 Å². The molecule has 0 aromatic carbocycles. The Morgan fingerprint density at radius 3 is 2.78 bits per heavy atom. The van der Waals surface area contributed by atoms with Gasteiger partial charge in [-0.2, -0.15) is 0 Å². The van der Waals surface area contributed by atoms with E-state index in [4.69, 9.17) is 17.0 Å². The van der Waals surface area contributed by atoms with Gasteiger partial charge in [0.05, 0.1) is 23.5 Å². The summed E-state index contributed by atoms with van der Waals surface area (Å²) in [5.74, 6) is -0.334. The number of methoxy groups -OCH3 is 1. The number of ether oxygens (including phenoxy) is 1. The molecular formula is C18H24N4O2S3. The molecule has 1 fully saturated rings. The Balaban J connectivity index is 1.60. The Morgan fingerprint density at radius 2 is 2.07 bits per heavy atom. The summed E-state index contributed by atoms with van der Waals surface area (Å²) in [7, 11) is 1.40. The highest BCUT2D eigenvalue weighted by Crippen LogP contribution is 2.28. The number of hydrogen-bond acceptors (Lipinski definition) is 7. The first kappa shape index (κ1) is 20.2. The molecule has 1 saturated heterocycles. The third-order valence-corrected chi connectivity index (χ3v) is 6.77. The molecule has 0 bridgehead atoms. The zero-order valence-corrected chi connectivity index (χ0v) is 18.2. The molecule has 9 heteroatoms. The second-order valence-electron chi connectivity index (χ2n) is 6.52. The Morgan fingerprint density at radius 1 is 1.26 bits per heavy atom. The van der Waals surface area contributed by atoms with Crippen LogP contribution in [0.4, 0.5) is 5.69 Å². The lowest BCUT2D eigenvalue weighted by Crippen LogP contribution is -2.38. The van der Waals surface area contributed by atoms with E-state index in [2.05, 4.69) is 25.5 Å². The van der Waals surface area contributed by atoms with Crippen molar-refractivity contribution in [2.75, 3.05) is 38.6 Å². The van der Waals surface area contributed by atoms with E-state index in [-0.39, 0.29) is 5.97 Å². The lowest BCUT2D eigenvalue weighted by molar-refractivity contribution is 0.0607. The van der Waals surface area contributed by atoms with Crippen molar-refractivity contribution in [2.45, 2.75) is 26.8 Å². The van der Waals surface area contributed by atoms with Crippen LogP contribution in [0.15, 0.2) is 10.8 Å². The summed E-state index contributed by atoms with van der Waals surface area (Å²) in [6, 6.07) is 0. The van der Waals surface area contributed by atoms with Crippen molar-refractivity contribution in [1.82, 2.24) is 14.8 Å². The number of aryl methyl sites for hydroxylation is 2. The maximum Gasteiger partial charge on any atom is 0.350 e. The van der Waals surface area contributed by atoms with Crippen LogP contribution >= 0.6 is 34.9 Å². The summed E-state index contributed by atoms with van der Waals surface area (Å²) in [4.78, 5) is 21.7. The molecule has 2 aromatic rings. The van der Waals surface area contributed by atoms with Gasteiger partial charge < -0.3 is 15.0 Å². The molecule has 6 nitrogen and oxygen atoms in total. The van der Waals surface area contributed by atoms with Gasteiger partial charge in [-0.15, -0.1) is 22.7 Å². The van der Waals surface area contributed by atoms with E-state index in [1.165, 1.54) is 18.4 Å². The number of nitrogens with one attached hydrogen (secondary N) is 1. The predicted octanol–water partition coefficient (Wildman–Crippen LogP) is 3.51. The number of aromatic nitrogens is 1. The molecule has 0 aliphatic carbocycles. The number of thiocarbonyl (C=S) groups is 1. The number of anilines is 1. The van der Waals surface area contributed by atoms with Gasteiger partial charge in [-0.25, -0.2) is 9.78 Å². The van der Waals surface area contributed by atoms with Crippen LogP contribution in [0, 0.1) is 13.8 Å². The first-order valence-electron chi connectivity index (χ1n) is 8.83. The average molecular weight is 425 g/mol. The molecular weight excluding hydrogens is 400 g/mol. The summed E-state index contributed by atoms with van der Waals surface area (Å²) in [5.41, 5.74) is 2.90. The summed E-state index contributed by atoms with van der Waals surface area (Å²) < 4.78 is 4.87. The number of hydrogen-bond donors (Lipinski definition) is 1. The minimum Gasteiger partial charge on any atom is -0.465 e. The smallest absolute Gasteiger partial charge is 0.350 e. The summed E-state index contributed by atoms with van der Waals surface area (Å²) in [6.07, 6.45) is 1.04. The Hall–Kier alpha value is -1.55. The Bertz CT molecular complexity index is 817. The lowest BCUT2D eigenvalue weighted by atomic mass is 10.2. The number of carbonyl (C=O) groups excluding carboxylic acids is 1. The lowest BCUT2D eigenvalue weighted by Gasteiger charge is -2.25. The predicted molar refractivity (Wildman–Crippen MR) is 115 cm³/mol. The van der Waals surface area contributed by atoms with Gasteiger partial charge in [0.1, 0.15) is 4.88 Å². The molecule has 3 heterocycles. The van der Waals surface area contributed by atoms with Crippen molar-refractivity contribution in [3.05, 3.63) is 31.9 Å². The molecule has 0 atom stereocenters. The second-order valence-corrected chi connectivity index (χ2v) is 8.85. The first-order chi connectivity index (χ1) is 13.0. The van der Waals surface area contributed by atoms with E-state index >= 15 is 0 Å². The standard InChI is InChI=1S/C18H24N4O2S3/c1-12-10-27-16(17(23)24-3)15(12)20-18(25)22-6-4-5-21(7-8-22)9-14-11-26-13(2)19-14/h10-11H,4-9H2,1-3H3,(H,20,25). The fraction of sp³-hybridized carbons (Fsp3) is 0.500. The number of rotatable bonds is 4. The van der Waals surface area contributed by atoms with E-state index < -0.39 is 0 Å². The van der Waals surface area contributed by atoms with E-state index in [1.54, 1.807) is 11.3 Å². The number of carbonyl (C=O) groups is 1. The number of nitrogens with zero attached hydrogens (tertiary/aromatic N) is 3. The third kappa shape index (κ3) is 5.04. The number of thiophene rings is 1. The van der Waals surface area contributed by atoms with Crippen molar-refractivity contribution in [3.8, 4) is 0 Å². The summed E-state index contributed by atoms with van der Waals surface area (Å²) in [6.45, 7) is 8.60. The van der Waals surface area contributed by atoms with Crippen LogP contribution in [0.5, 0.6) is 0 Å². The molecule has 146 valence electrons. The van der Waals surface area contributed by atoms with Crippen LogP contribution in [0.3, 0.4) is 0 Å². The van der Waals surface area contributed by atoms with E-state index in [9.17, 15) is 4.79 Å². The first-order valence-corrected chi connectivity index (χ1v) is 11.0. The van der Waals surface area contributed by atoms with Crippen molar-refractivity contribution >= 4 is 51.7 Å². The highest BCUT2D eigenvalue weighted by molar-refractivity contribution is 7.80. The minimum absolute atomic E-state index is 0.334. The molecule has 0 amide bonds. The number of esters is 1. The molecule has 1 aliphatic rings. The Labute approximate surface area is 173 Å². The van der Waals surface area contributed by atoms with Crippen LogP contribution < -0.4 is 5.32 Å². The largest absolute Gasteiger partial charge is 0.465 e. The van der Waals surface area contributed by atoms with Gasteiger partial charge in [0.25, 0.3) is 0 Å². The Kier molecular flexibility index (Phi) is 6.80. The van der Waals surface area contributed by atoms with Crippen LogP contribution in [-0.2, 0) is 11.3 Å². The van der Waals surface area contributed by atoms with Gasteiger partial charge in [-0.05, 0) is 43.4 Å². The molecule has 1 aliphatic heterocycles. The van der Waals surface area contributed by atoms with Crippen molar-refractivity contribution in [1.29, 1.82) is 0 Å². The zero-order chi connectivity index (χ0) is 19.4. The van der Waals surface area contributed by atoms with Crippen LogP contribution in [0.25, 0.3) is 0 Å². The van der Waals surface area contributed by atoms with Gasteiger partial charge in [-0.1, -0.05) is 0 Å². The maximum atomic E-state index is 12.0. The topological polar surface area (TPSA) is 57.7 Å². The molecule has 1 N–H and O–H groups in total. The molecule has 3 rings (SSSR count). The van der Waals surface area contributed by atoms with Crippen LogP contribution in [0.2, 0.25) is 0 Å².